The second kappa shape index (κ2) is 5.90. The summed E-state index contributed by atoms with van der Waals surface area (Å²) < 4.78 is 27.0. The maximum atomic E-state index is 12.7. The lowest BCUT2D eigenvalue weighted by Crippen LogP contribution is -2.37. The fourth-order valence-electron chi connectivity index (χ4n) is 3.19. The molecule has 7 heteroatoms. The van der Waals surface area contributed by atoms with Gasteiger partial charge in [-0.05, 0) is 38.4 Å². The Morgan fingerprint density at radius 2 is 2.05 bits per heavy atom. The molecule has 0 amide bonds. The van der Waals surface area contributed by atoms with Crippen LogP contribution in [0.1, 0.15) is 19.3 Å². The van der Waals surface area contributed by atoms with Crippen LogP contribution < -0.4 is 5.32 Å². The number of aromatic nitrogens is 1. The van der Waals surface area contributed by atoms with Crippen molar-refractivity contribution in [3.8, 4) is 0 Å². The lowest BCUT2D eigenvalue weighted by molar-refractivity contribution is 0.251. The third kappa shape index (κ3) is 2.90. The average Bonchev–Trinajstić information content (AvgIpc) is 3.18. The molecule has 1 aromatic heterocycles. The quantitative estimate of drug-likeness (QED) is 0.898. The standard InChI is InChI=1S/C14H22N4O2S/c1-15-14-10-13(4-6-16-14)21(19,20)18-9-5-12(11-18)17-7-2-3-8-17/h4,6,10,12H,2-3,5,7-9,11H2,1H3,(H,15,16). The minimum Gasteiger partial charge on any atom is -0.373 e. The van der Waals surface area contributed by atoms with Crippen molar-refractivity contribution in [3.63, 3.8) is 0 Å². The van der Waals surface area contributed by atoms with E-state index in [4.69, 9.17) is 0 Å². The molecule has 0 saturated carbocycles. The summed E-state index contributed by atoms with van der Waals surface area (Å²) in [5, 5.41) is 2.88. The van der Waals surface area contributed by atoms with Crippen LogP contribution in [0.15, 0.2) is 23.2 Å². The molecule has 1 N–H and O–H groups in total. The molecule has 6 nitrogen and oxygen atoms in total. The Labute approximate surface area is 126 Å². The van der Waals surface area contributed by atoms with E-state index >= 15 is 0 Å². The molecular weight excluding hydrogens is 288 g/mol. The Hall–Kier alpha value is -1.18. The van der Waals surface area contributed by atoms with E-state index in [1.165, 1.54) is 19.0 Å². The van der Waals surface area contributed by atoms with Crippen molar-refractivity contribution >= 4 is 15.8 Å². The van der Waals surface area contributed by atoms with Crippen LogP contribution in [-0.4, -0.2) is 61.9 Å². The van der Waals surface area contributed by atoms with Gasteiger partial charge in [0.2, 0.25) is 10.0 Å². The molecule has 0 radical (unpaired) electrons. The number of rotatable bonds is 4. The van der Waals surface area contributed by atoms with E-state index in [2.05, 4.69) is 15.2 Å². The van der Waals surface area contributed by atoms with Crippen LogP contribution in [0.3, 0.4) is 0 Å². The maximum Gasteiger partial charge on any atom is 0.243 e. The molecule has 2 aliphatic heterocycles. The van der Waals surface area contributed by atoms with Crippen molar-refractivity contribution in [3.05, 3.63) is 18.3 Å². The molecule has 116 valence electrons. The summed E-state index contributed by atoms with van der Waals surface area (Å²) >= 11 is 0. The van der Waals surface area contributed by atoms with Crippen molar-refractivity contribution in [1.29, 1.82) is 0 Å². The Kier molecular flexibility index (Phi) is 4.14. The summed E-state index contributed by atoms with van der Waals surface area (Å²) in [6.07, 6.45) is 4.94. The largest absolute Gasteiger partial charge is 0.373 e. The van der Waals surface area contributed by atoms with Gasteiger partial charge < -0.3 is 5.32 Å². The monoisotopic (exact) mass is 310 g/mol. The zero-order chi connectivity index (χ0) is 14.9. The predicted octanol–water partition coefficient (Wildman–Crippen LogP) is 0.982. The summed E-state index contributed by atoms with van der Waals surface area (Å²) in [6, 6.07) is 3.55. The number of hydrogen-bond donors (Lipinski definition) is 1. The third-order valence-electron chi connectivity index (χ3n) is 4.41. The van der Waals surface area contributed by atoms with E-state index in [0.29, 0.717) is 29.8 Å². The zero-order valence-corrected chi connectivity index (χ0v) is 13.1. The molecule has 3 heterocycles. The van der Waals surface area contributed by atoms with Crippen molar-refractivity contribution in [1.82, 2.24) is 14.2 Å². The number of likely N-dealkylation sites (tertiary alicyclic amines) is 1. The van der Waals surface area contributed by atoms with Crippen LogP contribution in [0, 0.1) is 0 Å². The van der Waals surface area contributed by atoms with Gasteiger partial charge in [0.05, 0.1) is 4.90 Å². The minimum absolute atomic E-state index is 0.323. The van der Waals surface area contributed by atoms with E-state index in [0.717, 1.165) is 19.5 Å². The number of anilines is 1. The maximum absolute atomic E-state index is 12.7. The van der Waals surface area contributed by atoms with Crippen molar-refractivity contribution < 1.29 is 8.42 Å². The fraction of sp³-hybridized carbons (Fsp3) is 0.643. The van der Waals surface area contributed by atoms with Gasteiger partial charge in [-0.2, -0.15) is 4.31 Å². The van der Waals surface area contributed by atoms with E-state index in [-0.39, 0.29) is 0 Å². The molecule has 1 unspecified atom stereocenters. The molecule has 2 fully saturated rings. The summed E-state index contributed by atoms with van der Waals surface area (Å²) in [6.45, 7) is 3.44. The van der Waals surface area contributed by atoms with E-state index in [1.807, 2.05) is 0 Å². The fourth-order valence-corrected chi connectivity index (χ4v) is 4.70. The normalized spacial score (nSPS) is 24.5. The summed E-state index contributed by atoms with van der Waals surface area (Å²) in [7, 11) is -1.67. The van der Waals surface area contributed by atoms with Gasteiger partial charge in [-0.25, -0.2) is 13.4 Å². The highest BCUT2D eigenvalue weighted by Crippen LogP contribution is 2.26. The predicted molar refractivity (Wildman–Crippen MR) is 81.8 cm³/mol. The highest BCUT2D eigenvalue weighted by molar-refractivity contribution is 7.89. The highest BCUT2D eigenvalue weighted by atomic mass is 32.2. The van der Waals surface area contributed by atoms with Gasteiger partial charge in [0, 0.05) is 38.4 Å². The molecule has 21 heavy (non-hydrogen) atoms. The molecule has 2 saturated heterocycles. The van der Waals surface area contributed by atoms with Crippen molar-refractivity contribution in [2.45, 2.75) is 30.2 Å². The molecule has 0 spiro atoms. The molecule has 0 aliphatic carbocycles. The van der Waals surface area contributed by atoms with Crippen LogP contribution in [0.5, 0.6) is 0 Å². The summed E-state index contributed by atoms with van der Waals surface area (Å²) in [5.41, 5.74) is 0. The Morgan fingerprint density at radius 3 is 2.76 bits per heavy atom. The first-order valence-electron chi connectivity index (χ1n) is 7.49. The zero-order valence-electron chi connectivity index (χ0n) is 12.3. The molecular formula is C14H22N4O2S. The number of nitrogens with one attached hydrogen (secondary N) is 1. The van der Waals surface area contributed by atoms with Crippen molar-refractivity contribution in [2.24, 2.45) is 0 Å². The Balaban J connectivity index is 1.76. The number of pyridine rings is 1. The Bertz CT molecular complexity index is 599. The smallest absolute Gasteiger partial charge is 0.243 e. The molecule has 1 aromatic rings. The molecule has 0 bridgehead atoms. The van der Waals surface area contributed by atoms with E-state index in [1.54, 1.807) is 23.5 Å². The minimum atomic E-state index is -3.41. The Morgan fingerprint density at radius 1 is 1.29 bits per heavy atom. The topological polar surface area (TPSA) is 65.5 Å². The van der Waals surface area contributed by atoms with Gasteiger partial charge in [-0.1, -0.05) is 0 Å². The second-order valence-corrected chi connectivity index (χ2v) is 7.61. The van der Waals surface area contributed by atoms with E-state index < -0.39 is 10.0 Å². The first-order valence-corrected chi connectivity index (χ1v) is 8.93. The van der Waals surface area contributed by atoms with E-state index in [9.17, 15) is 8.42 Å². The lowest BCUT2D eigenvalue weighted by atomic mass is 10.2. The van der Waals surface area contributed by atoms with Crippen LogP contribution in [-0.2, 0) is 10.0 Å². The SMILES string of the molecule is CNc1cc(S(=O)(=O)N2CCC(N3CCCC3)C2)ccn1. The van der Waals surface area contributed by atoms with Crippen LogP contribution in [0.2, 0.25) is 0 Å². The molecule has 3 rings (SSSR count). The molecule has 1 atom stereocenters. The summed E-state index contributed by atoms with van der Waals surface area (Å²) in [5.74, 6) is 0.575. The van der Waals surface area contributed by atoms with Crippen LogP contribution >= 0.6 is 0 Å². The van der Waals surface area contributed by atoms with Crippen LogP contribution in [0.4, 0.5) is 5.82 Å². The average molecular weight is 310 g/mol. The van der Waals surface area contributed by atoms with Gasteiger partial charge >= 0.3 is 0 Å². The molecule has 0 aromatic carbocycles. The highest BCUT2D eigenvalue weighted by Gasteiger charge is 2.35. The van der Waals surface area contributed by atoms with Gasteiger partial charge in [0.1, 0.15) is 5.82 Å². The number of hydrogen-bond acceptors (Lipinski definition) is 5. The number of nitrogens with zero attached hydrogens (tertiary/aromatic N) is 3. The van der Waals surface area contributed by atoms with Gasteiger partial charge in [0.25, 0.3) is 0 Å². The second-order valence-electron chi connectivity index (χ2n) is 5.68. The third-order valence-corrected chi connectivity index (χ3v) is 6.27. The van der Waals surface area contributed by atoms with Gasteiger partial charge in [-0.3, -0.25) is 4.90 Å². The first-order chi connectivity index (χ1) is 10.1. The first kappa shape index (κ1) is 14.7. The van der Waals surface area contributed by atoms with Crippen molar-refractivity contribution in [2.75, 3.05) is 38.5 Å². The van der Waals surface area contributed by atoms with Gasteiger partial charge in [-0.15, -0.1) is 0 Å². The van der Waals surface area contributed by atoms with Gasteiger partial charge in [0.15, 0.2) is 0 Å². The lowest BCUT2D eigenvalue weighted by Gasteiger charge is -2.23. The van der Waals surface area contributed by atoms with Crippen LogP contribution in [0.25, 0.3) is 0 Å². The number of sulfonamides is 1. The molecule has 2 aliphatic rings. The summed E-state index contributed by atoms with van der Waals surface area (Å²) in [4.78, 5) is 6.83.